The third-order valence-electron chi connectivity index (χ3n) is 2.85. The van der Waals surface area contributed by atoms with Gasteiger partial charge in [-0.2, -0.15) is 0 Å². The molecule has 2 aromatic carbocycles. The monoisotopic (exact) mass is 463 g/mol. The van der Waals surface area contributed by atoms with Gasteiger partial charge in [-0.1, -0.05) is 28.1 Å². The molecule has 2 aromatic rings. The number of nitrogens with one attached hydrogen (secondary N) is 1. The summed E-state index contributed by atoms with van der Waals surface area (Å²) < 4.78 is 15.9. The minimum absolute atomic E-state index is 0.201. The van der Waals surface area contributed by atoms with E-state index in [0.29, 0.717) is 0 Å². The molecule has 0 aromatic heterocycles. The highest BCUT2D eigenvalue weighted by Gasteiger charge is 2.10. The fourth-order valence-electron chi connectivity index (χ4n) is 1.95. The number of hydrogen-bond acceptors (Lipinski definition) is 1. The Balaban J connectivity index is 2.08. The summed E-state index contributed by atoms with van der Waals surface area (Å²) in [4.78, 5) is 0. The molecule has 0 spiro atoms. The van der Waals surface area contributed by atoms with Crippen LogP contribution in [-0.2, 0) is 6.42 Å². The van der Waals surface area contributed by atoms with Gasteiger partial charge in [0.05, 0.1) is 5.69 Å². The molecule has 2 rings (SSSR count). The van der Waals surface area contributed by atoms with Crippen molar-refractivity contribution in [1.29, 1.82) is 0 Å². The summed E-state index contributed by atoms with van der Waals surface area (Å²) in [5.41, 5.74) is 2.12. The van der Waals surface area contributed by atoms with E-state index in [0.717, 1.165) is 31.1 Å². The number of anilines is 1. The molecule has 0 radical (unpaired) electrons. The van der Waals surface area contributed by atoms with Crippen LogP contribution in [0, 0.1) is 5.82 Å². The molecule has 0 bridgehead atoms. The maximum absolute atomic E-state index is 12.9. The first-order valence-electron chi connectivity index (χ1n) is 6.11. The summed E-state index contributed by atoms with van der Waals surface area (Å²) in [6.45, 7) is 2.10. The van der Waals surface area contributed by atoms with Crippen LogP contribution in [0.5, 0.6) is 0 Å². The van der Waals surface area contributed by atoms with Crippen LogP contribution >= 0.6 is 47.8 Å². The number of rotatable bonds is 4. The molecule has 5 heteroatoms. The second kappa shape index (κ2) is 7.05. The predicted molar refractivity (Wildman–Crippen MR) is 92.7 cm³/mol. The van der Waals surface area contributed by atoms with Crippen molar-refractivity contribution in [1.82, 2.24) is 0 Å². The Hall–Kier alpha value is -0.390. The minimum atomic E-state index is -0.201. The van der Waals surface area contributed by atoms with Crippen LogP contribution in [0.1, 0.15) is 12.5 Å². The molecular weight excluding hydrogens is 453 g/mol. The van der Waals surface area contributed by atoms with E-state index in [9.17, 15) is 4.39 Å². The van der Waals surface area contributed by atoms with E-state index < -0.39 is 0 Å². The molecular formula is C15H13Br3FN. The maximum Gasteiger partial charge on any atom is 0.123 e. The summed E-state index contributed by atoms with van der Waals surface area (Å²) in [5.74, 6) is -0.201. The topological polar surface area (TPSA) is 12.0 Å². The molecule has 0 aliphatic carbocycles. The normalized spacial score (nSPS) is 12.2. The zero-order chi connectivity index (χ0) is 14.7. The first-order valence-corrected chi connectivity index (χ1v) is 8.49. The standard InChI is InChI=1S/C15H13Br3FN/c1-9(6-10-2-4-12(19)5-3-10)20-15-13(17)7-11(16)8-14(15)18/h2-5,7-9,20H,6H2,1H3. The van der Waals surface area contributed by atoms with Gasteiger partial charge in [0.1, 0.15) is 5.82 Å². The summed E-state index contributed by atoms with van der Waals surface area (Å²) in [6.07, 6.45) is 0.829. The van der Waals surface area contributed by atoms with Crippen LogP contribution in [0.15, 0.2) is 49.8 Å². The van der Waals surface area contributed by atoms with E-state index in [2.05, 4.69) is 60.0 Å². The van der Waals surface area contributed by atoms with Gasteiger partial charge in [-0.05, 0) is 75.0 Å². The van der Waals surface area contributed by atoms with E-state index >= 15 is 0 Å². The Morgan fingerprint density at radius 1 is 1.05 bits per heavy atom. The van der Waals surface area contributed by atoms with Crippen molar-refractivity contribution < 1.29 is 4.39 Å². The molecule has 0 saturated carbocycles. The summed E-state index contributed by atoms with van der Waals surface area (Å²) >= 11 is 10.5. The lowest BCUT2D eigenvalue weighted by atomic mass is 10.1. The fourth-order valence-corrected chi connectivity index (χ4v) is 4.44. The molecule has 1 N–H and O–H groups in total. The van der Waals surface area contributed by atoms with E-state index in [1.54, 1.807) is 0 Å². The average molecular weight is 466 g/mol. The van der Waals surface area contributed by atoms with E-state index in [1.807, 2.05) is 24.3 Å². The zero-order valence-electron chi connectivity index (χ0n) is 10.8. The number of hydrogen-bond donors (Lipinski definition) is 1. The molecule has 0 fully saturated rings. The first-order chi connectivity index (χ1) is 9.45. The van der Waals surface area contributed by atoms with Gasteiger partial charge in [-0.3, -0.25) is 0 Å². The lowest BCUT2D eigenvalue weighted by molar-refractivity contribution is 0.626. The SMILES string of the molecule is CC(Cc1ccc(F)cc1)Nc1c(Br)cc(Br)cc1Br. The van der Waals surface area contributed by atoms with Gasteiger partial charge in [0.25, 0.3) is 0 Å². The molecule has 0 aliphatic heterocycles. The van der Waals surface area contributed by atoms with E-state index in [1.165, 1.54) is 12.1 Å². The highest BCUT2D eigenvalue weighted by Crippen LogP contribution is 2.34. The fraction of sp³-hybridized carbons (Fsp3) is 0.200. The zero-order valence-corrected chi connectivity index (χ0v) is 15.5. The molecule has 1 unspecified atom stereocenters. The van der Waals surface area contributed by atoms with Crippen molar-refractivity contribution in [3.8, 4) is 0 Å². The van der Waals surface area contributed by atoms with Crippen molar-refractivity contribution in [2.24, 2.45) is 0 Å². The predicted octanol–water partition coefficient (Wildman–Crippen LogP) is 6.16. The first kappa shape index (κ1) is 16.0. The second-order valence-electron chi connectivity index (χ2n) is 4.62. The van der Waals surface area contributed by atoms with Crippen LogP contribution in [0.3, 0.4) is 0 Å². The minimum Gasteiger partial charge on any atom is -0.380 e. The molecule has 20 heavy (non-hydrogen) atoms. The Labute approximate surface area is 143 Å². The van der Waals surface area contributed by atoms with Crippen LogP contribution in [0.2, 0.25) is 0 Å². The van der Waals surface area contributed by atoms with Gasteiger partial charge < -0.3 is 5.32 Å². The number of halogens is 4. The third-order valence-corrected chi connectivity index (χ3v) is 4.56. The lowest BCUT2D eigenvalue weighted by Gasteiger charge is -2.18. The average Bonchev–Trinajstić information content (AvgIpc) is 2.36. The number of benzene rings is 2. The highest BCUT2D eigenvalue weighted by atomic mass is 79.9. The second-order valence-corrected chi connectivity index (χ2v) is 7.24. The highest BCUT2D eigenvalue weighted by molar-refractivity contribution is 9.11. The van der Waals surface area contributed by atoms with E-state index in [-0.39, 0.29) is 11.9 Å². The molecule has 0 saturated heterocycles. The van der Waals surface area contributed by atoms with Crippen molar-refractivity contribution in [2.45, 2.75) is 19.4 Å². The third kappa shape index (κ3) is 4.30. The van der Waals surface area contributed by atoms with Gasteiger partial charge in [0.15, 0.2) is 0 Å². The van der Waals surface area contributed by atoms with Gasteiger partial charge >= 0.3 is 0 Å². The molecule has 0 aliphatic rings. The van der Waals surface area contributed by atoms with Crippen LogP contribution < -0.4 is 5.32 Å². The lowest BCUT2D eigenvalue weighted by Crippen LogP contribution is -2.18. The van der Waals surface area contributed by atoms with Gasteiger partial charge in [0.2, 0.25) is 0 Å². The van der Waals surface area contributed by atoms with Crippen molar-refractivity contribution in [3.63, 3.8) is 0 Å². The summed E-state index contributed by atoms with van der Waals surface area (Å²) in [6, 6.07) is 10.9. The van der Waals surface area contributed by atoms with Gasteiger partial charge in [-0.25, -0.2) is 4.39 Å². The van der Waals surface area contributed by atoms with E-state index in [4.69, 9.17) is 0 Å². The Morgan fingerprint density at radius 2 is 1.60 bits per heavy atom. The smallest absolute Gasteiger partial charge is 0.123 e. The molecule has 0 heterocycles. The Kier molecular flexibility index (Phi) is 5.64. The van der Waals surface area contributed by atoms with Crippen molar-refractivity contribution in [3.05, 3.63) is 61.2 Å². The van der Waals surface area contributed by atoms with Crippen molar-refractivity contribution in [2.75, 3.05) is 5.32 Å². The molecule has 1 nitrogen and oxygen atoms in total. The van der Waals surface area contributed by atoms with Gasteiger partial charge in [-0.15, -0.1) is 0 Å². The molecule has 1 atom stereocenters. The van der Waals surface area contributed by atoms with Crippen molar-refractivity contribution >= 4 is 53.5 Å². The maximum atomic E-state index is 12.9. The Morgan fingerprint density at radius 3 is 2.15 bits per heavy atom. The quantitative estimate of drug-likeness (QED) is 0.570. The van der Waals surface area contributed by atoms with Gasteiger partial charge in [0, 0.05) is 19.5 Å². The van der Waals surface area contributed by atoms with Crippen LogP contribution in [-0.4, -0.2) is 6.04 Å². The van der Waals surface area contributed by atoms with Crippen LogP contribution in [0.4, 0.5) is 10.1 Å². The molecule has 0 amide bonds. The largest absolute Gasteiger partial charge is 0.380 e. The summed E-state index contributed by atoms with van der Waals surface area (Å²) in [7, 11) is 0. The summed E-state index contributed by atoms with van der Waals surface area (Å²) in [5, 5.41) is 3.46. The van der Waals surface area contributed by atoms with Crippen LogP contribution in [0.25, 0.3) is 0 Å². The Bertz CT molecular complexity index is 576. The molecule has 106 valence electrons.